The molecule has 4 amide bonds. The lowest BCUT2D eigenvalue weighted by atomic mass is 10.0. The highest BCUT2D eigenvalue weighted by atomic mass is 16.5. The van der Waals surface area contributed by atoms with Crippen molar-refractivity contribution in [1.82, 2.24) is 15.5 Å². The molecule has 3 fully saturated rings. The molecule has 2 aliphatic carbocycles. The molecule has 0 radical (unpaired) electrons. The van der Waals surface area contributed by atoms with Crippen LogP contribution >= 0.6 is 0 Å². The minimum atomic E-state index is -0.603. The number of carbonyl (C=O) groups excluding carboxylic acids is 4. The van der Waals surface area contributed by atoms with Crippen LogP contribution in [-0.2, 0) is 32.2 Å². The van der Waals surface area contributed by atoms with Crippen molar-refractivity contribution in [2.45, 2.75) is 64.3 Å². The molecule has 1 aromatic rings. The normalized spacial score (nSPS) is 25.9. The van der Waals surface area contributed by atoms with Crippen LogP contribution in [0.15, 0.2) is 18.2 Å². The van der Waals surface area contributed by atoms with Crippen molar-refractivity contribution in [1.29, 1.82) is 0 Å². The first kappa shape index (κ1) is 21.5. The van der Waals surface area contributed by atoms with Gasteiger partial charge in [-0.1, -0.05) is 12.1 Å². The van der Waals surface area contributed by atoms with Crippen molar-refractivity contribution in [3.05, 3.63) is 34.9 Å². The van der Waals surface area contributed by atoms with Crippen molar-refractivity contribution in [3.8, 4) is 0 Å². The molecule has 3 atom stereocenters. The predicted octanol–water partition coefficient (Wildman–Crippen LogP) is 1.52. The van der Waals surface area contributed by atoms with Crippen molar-refractivity contribution in [2.75, 3.05) is 7.11 Å². The Bertz CT molecular complexity index is 910. The zero-order chi connectivity index (χ0) is 22.2. The summed E-state index contributed by atoms with van der Waals surface area (Å²) in [5, 5.41) is 4.82. The van der Waals surface area contributed by atoms with E-state index in [9.17, 15) is 19.2 Å². The highest BCUT2D eigenvalue weighted by molar-refractivity contribution is 6.05. The number of ether oxygens (including phenoxy) is 1. The average molecular weight is 428 g/mol. The number of fused-ring (bicyclic) bond motifs is 1. The van der Waals surface area contributed by atoms with E-state index in [2.05, 4.69) is 17.6 Å². The summed E-state index contributed by atoms with van der Waals surface area (Å²) in [6, 6.07) is 4.81. The molecular formula is C23H29N3O5. The van der Waals surface area contributed by atoms with Crippen LogP contribution < -0.4 is 10.6 Å². The number of methoxy groups -OCH3 is 1. The van der Waals surface area contributed by atoms with Gasteiger partial charge in [0.2, 0.25) is 18.2 Å². The highest BCUT2D eigenvalue weighted by Gasteiger charge is 2.64. The zero-order valence-electron chi connectivity index (χ0n) is 18.0. The second-order valence-electron chi connectivity index (χ2n) is 9.00. The molecule has 8 heteroatoms. The standard InChI is InChI=1S/C15H15N3O4.C8H14O/c19-8-16-6-9-1-2-10-7-18(15(22)11(10)5-9)12-3-4-13(20)17-14(12)21;1-6(9-2)7-5-8(7)3-4-8/h1-2,5,8,12H,3-4,6-7H2,(H,16,19)(H,17,20,21);6-7H,3-5H2,1-2H3. The first-order chi connectivity index (χ1) is 14.9. The van der Waals surface area contributed by atoms with E-state index in [0.717, 1.165) is 22.5 Å². The van der Waals surface area contributed by atoms with Crippen LogP contribution in [0.1, 0.15) is 60.5 Å². The second kappa shape index (κ2) is 8.42. The van der Waals surface area contributed by atoms with E-state index in [1.54, 1.807) is 6.07 Å². The van der Waals surface area contributed by atoms with E-state index < -0.39 is 11.9 Å². The van der Waals surface area contributed by atoms with E-state index in [1.807, 2.05) is 19.2 Å². The molecule has 0 aromatic heterocycles. The Balaban J connectivity index is 0.000000212. The fourth-order valence-corrected chi connectivity index (χ4v) is 4.81. The molecule has 2 heterocycles. The molecule has 1 spiro atoms. The van der Waals surface area contributed by atoms with Crippen LogP contribution in [0.25, 0.3) is 0 Å². The van der Waals surface area contributed by atoms with Crippen molar-refractivity contribution in [3.63, 3.8) is 0 Å². The molecule has 8 nitrogen and oxygen atoms in total. The Labute approximate surface area is 181 Å². The monoisotopic (exact) mass is 427 g/mol. The van der Waals surface area contributed by atoms with Gasteiger partial charge in [0, 0.05) is 32.2 Å². The van der Waals surface area contributed by atoms with Gasteiger partial charge in [-0.2, -0.15) is 0 Å². The Kier molecular flexibility index (Phi) is 5.83. The summed E-state index contributed by atoms with van der Waals surface area (Å²) < 4.78 is 5.25. The topological polar surface area (TPSA) is 105 Å². The molecule has 166 valence electrons. The van der Waals surface area contributed by atoms with Gasteiger partial charge in [-0.3, -0.25) is 24.5 Å². The molecule has 2 aliphatic heterocycles. The lowest BCUT2D eigenvalue weighted by molar-refractivity contribution is -0.136. The Morgan fingerprint density at radius 3 is 2.71 bits per heavy atom. The summed E-state index contributed by atoms with van der Waals surface area (Å²) in [4.78, 5) is 47.5. The summed E-state index contributed by atoms with van der Waals surface area (Å²) in [7, 11) is 1.82. The fourth-order valence-electron chi connectivity index (χ4n) is 4.81. The minimum absolute atomic E-state index is 0.211. The number of nitrogens with zero attached hydrogens (tertiary/aromatic N) is 1. The minimum Gasteiger partial charge on any atom is -0.381 e. The number of imide groups is 1. The zero-order valence-corrected chi connectivity index (χ0v) is 18.0. The van der Waals surface area contributed by atoms with Gasteiger partial charge in [-0.25, -0.2) is 0 Å². The van der Waals surface area contributed by atoms with Gasteiger partial charge in [0.25, 0.3) is 5.91 Å². The van der Waals surface area contributed by atoms with Crippen LogP contribution in [0.5, 0.6) is 0 Å². The van der Waals surface area contributed by atoms with E-state index in [0.29, 0.717) is 37.6 Å². The van der Waals surface area contributed by atoms with E-state index in [-0.39, 0.29) is 18.2 Å². The fraction of sp³-hybridized carbons (Fsp3) is 0.565. The summed E-state index contributed by atoms with van der Waals surface area (Å²) in [5.41, 5.74) is 3.04. The Morgan fingerprint density at radius 2 is 2.10 bits per heavy atom. The first-order valence-corrected chi connectivity index (χ1v) is 10.8. The van der Waals surface area contributed by atoms with Gasteiger partial charge >= 0.3 is 0 Å². The van der Waals surface area contributed by atoms with Crippen LogP contribution in [0.2, 0.25) is 0 Å². The third-order valence-electron chi connectivity index (χ3n) is 7.07. The third-order valence-corrected chi connectivity index (χ3v) is 7.07. The maximum absolute atomic E-state index is 12.5. The number of benzene rings is 1. The number of hydrogen-bond donors (Lipinski definition) is 2. The molecule has 5 rings (SSSR count). The van der Waals surface area contributed by atoms with Crippen LogP contribution in [0, 0.1) is 11.3 Å². The number of piperidine rings is 1. The molecule has 4 aliphatic rings. The van der Waals surface area contributed by atoms with E-state index in [4.69, 9.17) is 4.74 Å². The van der Waals surface area contributed by atoms with Gasteiger partial charge in [0.05, 0.1) is 6.10 Å². The molecule has 0 bridgehead atoms. The quantitative estimate of drug-likeness (QED) is 0.529. The summed E-state index contributed by atoms with van der Waals surface area (Å²) in [5.74, 6) is -0.00663. The number of carbonyl (C=O) groups is 4. The molecular weight excluding hydrogens is 398 g/mol. The molecule has 2 saturated carbocycles. The Morgan fingerprint density at radius 1 is 1.32 bits per heavy atom. The molecule has 1 aromatic carbocycles. The molecule has 3 unspecified atom stereocenters. The molecule has 1 saturated heterocycles. The lowest BCUT2D eigenvalue weighted by Crippen LogP contribution is -2.52. The van der Waals surface area contributed by atoms with Crippen molar-refractivity contribution < 1.29 is 23.9 Å². The average Bonchev–Trinajstić information content (AvgIpc) is 3.67. The van der Waals surface area contributed by atoms with Crippen LogP contribution in [0.3, 0.4) is 0 Å². The highest BCUT2D eigenvalue weighted by Crippen LogP contribution is 2.71. The lowest BCUT2D eigenvalue weighted by Gasteiger charge is -2.29. The van der Waals surface area contributed by atoms with Gasteiger partial charge < -0.3 is 15.0 Å². The third kappa shape index (κ3) is 4.35. The van der Waals surface area contributed by atoms with Gasteiger partial charge in [0.15, 0.2) is 0 Å². The number of rotatable bonds is 6. The Hall–Kier alpha value is -2.74. The van der Waals surface area contributed by atoms with Crippen LogP contribution in [0.4, 0.5) is 0 Å². The first-order valence-electron chi connectivity index (χ1n) is 10.8. The van der Waals surface area contributed by atoms with Gasteiger partial charge in [-0.15, -0.1) is 0 Å². The van der Waals surface area contributed by atoms with Crippen LogP contribution in [-0.4, -0.2) is 48.3 Å². The number of nitrogens with one attached hydrogen (secondary N) is 2. The van der Waals surface area contributed by atoms with Crippen molar-refractivity contribution >= 4 is 24.1 Å². The molecule has 2 N–H and O–H groups in total. The number of amides is 4. The van der Waals surface area contributed by atoms with Crippen molar-refractivity contribution in [2.24, 2.45) is 11.3 Å². The second-order valence-corrected chi connectivity index (χ2v) is 9.00. The maximum Gasteiger partial charge on any atom is 0.255 e. The summed E-state index contributed by atoms with van der Waals surface area (Å²) >= 11 is 0. The van der Waals surface area contributed by atoms with Gasteiger partial charge in [0.1, 0.15) is 6.04 Å². The predicted molar refractivity (Wildman–Crippen MR) is 112 cm³/mol. The van der Waals surface area contributed by atoms with Gasteiger partial charge in [-0.05, 0) is 61.1 Å². The molecule has 31 heavy (non-hydrogen) atoms. The van der Waals surface area contributed by atoms with E-state index in [1.165, 1.54) is 24.2 Å². The number of hydrogen-bond acceptors (Lipinski definition) is 5. The summed E-state index contributed by atoms with van der Waals surface area (Å²) in [6.45, 7) is 2.90. The summed E-state index contributed by atoms with van der Waals surface area (Å²) in [6.07, 6.45) is 6.12. The van der Waals surface area contributed by atoms with E-state index >= 15 is 0 Å². The smallest absolute Gasteiger partial charge is 0.255 e. The SMILES string of the molecule is COC(C)C1CC12CC2.O=CNCc1ccc2c(c1)C(=O)N(C1CCC(=O)NC1=O)C2. The largest absolute Gasteiger partial charge is 0.381 e. The maximum atomic E-state index is 12.5.